The van der Waals surface area contributed by atoms with Gasteiger partial charge in [-0.2, -0.15) is 5.10 Å². The molecule has 0 saturated carbocycles. The Hall–Kier alpha value is -2.90. The summed E-state index contributed by atoms with van der Waals surface area (Å²) in [5.41, 5.74) is 5.09. The maximum absolute atomic E-state index is 13.1. The number of hydrazine groups is 1. The third-order valence-electron chi connectivity index (χ3n) is 5.75. The van der Waals surface area contributed by atoms with Gasteiger partial charge in [0.2, 0.25) is 0 Å². The maximum atomic E-state index is 13.1. The van der Waals surface area contributed by atoms with Crippen LogP contribution < -0.4 is 15.2 Å². The summed E-state index contributed by atoms with van der Waals surface area (Å²) in [7, 11) is 1.63. The molecule has 162 valence electrons. The Morgan fingerprint density at radius 3 is 2.45 bits per heavy atom. The van der Waals surface area contributed by atoms with E-state index in [1.54, 1.807) is 12.1 Å². The normalized spacial score (nSPS) is 21.7. The van der Waals surface area contributed by atoms with Crippen LogP contribution in [0.25, 0.3) is 0 Å². The first-order valence-corrected chi connectivity index (χ1v) is 10.7. The van der Waals surface area contributed by atoms with Gasteiger partial charge >= 0.3 is 0 Å². The van der Waals surface area contributed by atoms with Gasteiger partial charge in [-0.3, -0.25) is 20.0 Å². The summed E-state index contributed by atoms with van der Waals surface area (Å²) < 4.78 is 5.28. The second-order valence-corrected chi connectivity index (χ2v) is 8.16. The van der Waals surface area contributed by atoms with E-state index in [-0.39, 0.29) is 23.7 Å². The lowest BCUT2D eigenvalue weighted by Gasteiger charge is -2.28. The van der Waals surface area contributed by atoms with Gasteiger partial charge < -0.3 is 4.74 Å². The lowest BCUT2D eigenvalue weighted by Crippen LogP contribution is -2.49. The average Bonchev–Trinajstić information content (AvgIpc) is 3.12. The first kappa shape index (κ1) is 21.3. The number of ketones is 1. The van der Waals surface area contributed by atoms with E-state index in [9.17, 15) is 9.59 Å². The molecule has 7 nitrogen and oxygen atoms in total. The van der Waals surface area contributed by atoms with Gasteiger partial charge in [0, 0.05) is 31.8 Å². The number of Topliss-reactive ketones (excluding diaryl/α,β-unsaturated/α-hetero) is 1. The summed E-state index contributed by atoms with van der Waals surface area (Å²) in [4.78, 5) is 24.6. The number of hydrazone groups is 1. The third kappa shape index (κ3) is 4.43. The summed E-state index contributed by atoms with van der Waals surface area (Å²) in [6, 6.07) is 15.0. The van der Waals surface area contributed by atoms with Gasteiger partial charge in [-0.15, -0.1) is 0 Å². The van der Waals surface area contributed by atoms with E-state index >= 15 is 0 Å². The quantitative estimate of drug-likeness (QED) is 0.769. The van der Waals surface area contributed by atoms with Crippen LogP contribution in [-0.4, -0.2) is 42.6 Å². The number of anilines is 1. The minimum Gasteiger partial charge on any atom is -0.497 e. The van der Waals surface area contributed by atoms with Crippen LogP contribution in [0.5, 0.6) is 5.75 Å². The number of nitrogens with one attached hydrogen (secondary N) is 1. The van der Waals surface area contributed by atoms with E-state index in [1.165, 1.54) is 0 Å². The maximum Gasteiger partial charge on any atom is 0.282 e. The van der Waals surface area contributed by atoms with Crippen LogP contribution >= 0.6 is 11.6 Å². The van der Waals surface area contributed by atoms with Gasteiger partial charge in [-0.25, -0.2) is 5.01 Å². The van der Waals surface area contributed by atoms with Crippen LogP contribution in [0.2, 0.25) is 5.02 Å². The van der Waals surface area contributed by atoms with Crippen LogP contribution in [0.1, 0.15) is 31.4 Å². The second-order valence-electron chi connectivity index (χ2n) is 7.75. The highest BCUT2D eigenvalue weighted by molar-refractivity contribution is 6.40. The molecule has 2 aromatic carbocycles. The van der Waals surface area contributed by atoms with Crippen molar-refractivity contribution in [2.24, 2.45) is 11.0 Å². The average molecular weight is 441 g/mol. The number of hydrogen-bond acceptors (Lipinski definition) is 6. The molecule has 1 amide bonds. The van der Waals surface area contributed by atoms with Crippen molar-refractivity contribution in [2.75, 3.05) is 25.2 Å². The van der Waals surface area contributed by atoms with Crippen LogP contribution in [0.4, 0.5) is 5.69 Å². The largest absolute Gasteiger partial charge is 0.497 e. The van der Waals surface area contributed by atoms with Crippen molar-refractivity contribution >= 4 is 34.7 Å². The minimum absolute atomic E-state index is 0.184. The fourth-order valence-electron chi connectivity index (χ4n) is 4.02. The van der Waals surface area contributed by atoms with Gasteiger partial charge in [0.15, 0.2) is 0 Å². The van der Waals surface area contributed by atoms with Crippen molar-refractivity contribution < 1.29 is 14.3 Å². The third-order valence-corrected chi connectivity index (χ3v) is 6.07. The molecule has 1 saturated heterocycles. The number of carbonyl (C=O) groups excluding carboxylic acids is 2. The highest BCUT2D eigenvalue weighted by Gasteiger charge is 2.40. The number of amides is 1. The van der Waals surface area contributed by atoms with E-state index in [1.807, 2.05) is 60.5 Å². The number of nitrogens with zero attached hydrogens (tertiary/aromatic N) is 3. The van der Waals surface area contributed by atoms with E-state index in [0.717, 1.165) is 17.0 Å². The number of methoxy groups -OCH3 is 1. The predicted molar refractivity (Wildman–Crippen MR) is 120 cm³/mol. The summed E-state index contributed by atoms with van der Waals surface area (Å²) in [5, 5.41) is 8.89. The standard InChI is InChI=1S/C23H25ClN4O3/c1-15-21(23(30)26-27-13-11-17(29)12-14-27)25-28(20-6-4-3-5-19(20)24)22(15)16-7-9-18(31-2)10-8-16/h3-10,15,22H,11-14H2,1-2H3,(H,26,30)/t15-,22+/m1/s1. The van der Waals surface area contributed by atoms with Gasteiger partial charge in [0.25, 0.3) is 5.91 Å². The van der Waals surface area contributed by atoms with E-state index in [4.69, 9.17) is 21.4 Å². The van der Waals surface area contributed by atoms with Gasteiger partial charge in [-0.1, -0.05) is 42.8 Å². The van der Waals surface area contributed by atoms with Gasteiger partial charge in [0.1, 0.15) is 17.2 Å². The van der Waals surface area contributed by atoms with E-state index < -0.39 is 0 Å². The molecular weight excluding hydrogens is 416 g/mol. The van der Waals surface area contributed by atoms with Crippen molar-refractivity contribution in [3.63, 3.8) is 0 Å². The number of piperidine rings is 1. The molecule has 0 aromatic heterocycles. The summed E-state index contributed by atoms with van der Waals surface area (Å²) in [5.74, 6) is 0.546. The van der Waals surface area contributed by atoms with Crippen LogP contribution in [0, 0.1) is 5.92 Å². The summed E-state index contributed by atoms with van der Waals surface area (Å²) in [6.07, 6.45) is 0.894. The fourth-order valence-corrected chi connectivity index (χ4v) is 4.25. The van der Waals surface area contributed by atoms with Crippen molar-refractivity contribution in [2.45, 2.75) is 25.8 Å². The summed E-state index contributed by atoms with van der Waals surface area (Å²) >= 11 is 6.48. The SMILES string of the molecule is COc1ccc([C@@H]2[C@H](C)C(C(=O)NN3CCC(=O)CC3)=NN2c2ccccc2Cl)cc1. The highest BCUT2D eigenvalue weighted by Crippen LogP contribution is 2.41. The monoisotopic (exact) mass is 440 g/mol. The molecule has 2 aromatic rings. The highest BCUT2D eigenvalue weighted by atomic mass is 35.5. The zero-order valence-corrected chi connectivity index (χ0v) is 18.3. The Morgan fingerprint density at radius 2 is 1.81 bits per heavy atom. The molecular formula is C23H25ClN4O3. The first-order chi connectivity index (χ1) is 15.0. The Bertz CT molecular complexity index is 998. The summed E-state index contributed by atoms with van der Waals surface area (Å²) in [6.45, 7) is 3.02. The predicted octanol–water partition coefficient (Wildman–Crippen LogP) is 3.60. The number of hydrogen-bond donors (Lipinski definition) is 1. The number of rotatable bonds is 5. The minimum atomic E-state index is -0.255. The lowest BCUT2D eigenvalue weighted by molar-refractivity contribution is -0.126. The zero-order valence-electron chi connectivity index (χ0n) is 17.5. The smallest absolute Gasteiger partial charge is 0.282 e. The van der Waals surface area contributed by atoms with Crippen molar-refractivity contribution in [1.82, 2.24) is 10.4 Å². The Morgan fingerprint density at radius 1 is 1.13 bits per heavy atom. The molecule has 31 heavy (non-hydrogen) atoms. The molecule has 0 bridgehead atoms. The molecule has 8 heteroatoms. The number of para-hydroxylation sites is 1. The van der Waals surface area contributed by atoms with Crippen molar-refractivity contribution in [1.29, 1.82) is 0 Å². The Kier molecular flexibility index (Phi) is 6.25. The molecule has 2 aliphatic heterocycles. The molecule has 2 atom stereocenters. The topological polar surface area (TPSA) is 74.2 Å². The Labute approximate surface area is 186 Å². The van der Waals surface area contributed by atoms with Gasteiger partial charge in [-0.05, 0) is 29.8 Å². The molecule has 1 N–H and O–H groups in total. The lowest BCUT2D eigenvalue weighted by atomic mass is 9.91. The number of halogens is 1. The van der Waals surface area contributed by atoms with Crippen LogP contribution in [0.15, 0.2) is 53.6 Å². The fraction of sp³-hybridized carbons (Fsp3) is 0.348. The molecule has 4 rings (SSSR count). The molecule has 2 aliphatic rings. The molecule has 0 spiro atoms. The first-order valence-electron chi connectivity index (χ1n) is 10.3. The van der Waals surface area contributed by atoms with E-state index in [2.05, 4.69) is 5.43 Å². The number of benzene rings is 2. The molecule has 0 aliphatic carbocycles. The zero-order chi connectivity index (χ0) is 22.0. The van der Waals surface area contributed by atoms with E-state index in [0.29, 0.717) is 36.7 Å². The molecule has 2 heterocycles. The number of ether oxygens (including phenoxy) is 1. The van der Waals surface area contributed by atoms with Crippen LogP contribution in [0.3, 0.4) is 0 Å². The molecule has 1 fully saturated rings. The second kappa shape index (κ2) is 9.08. The van der Waals surface area contributed by atoms with Crippen molar-refractivity contribution in [3.8, 4) is 5.75 Å². The molecule has 0 radical (unpaired) electrons. The van der Waals surface area contributed by atoms with Crippen LogP contribution in [-0.2, 0) is 9.59 Å². The molecule has 0 unspecified atom stereocenters. The number of carbonyl (C=O) groups is 2. The Balaban J connectivity index is 1.64. The van der Waals surface area contributed by atoms with Crippen molar-refractivity contribution in [3.05, 3.63) is 59.1 Å². The van der Waals surface area contributed by atoms with Gasteiger partial charge in [0.05, 0.1) is 23.9 Å².